The lowest BCUT2D eigenvalue weighted by Gasteiger charge is -2.26. The van der Waals surface area contributed by atoms with Crippen LogP contribution in [0.5, 0.6) is 0 Å². The first-order valence-electron chi connectivity index (χ1n) is 7.15. The number of hydrogen-bond donors (Lipinski definition) is 0. The molecule has 1 heterocycles. The van der Waals surface area contributed by atoms with E-state index in [1.54, 1.807) is 6.07 Å². The zero-order valence-corrected chi connectivity index (χ0v) is 16.5. The Kier molecular flexibility index (Phi) is 5.74. The second kappa shape index (κ2) is 7.38. The monoisotopic (exact) mass is 435 g/mol. The van der Waals surface area contributed by atoms with Crippen LogP contribution >= 0.6 is 22.9 Å². The number of benzene rings is 1. The Bertz CT molecular complexity index is 1040. The first-order valence-corrected chi connectivity index (χ1v) is 9.84. The van der Waals surface area contributed by atoms with Crippen LogP contribution in [0.25, 0.3) is 0 Å². The van der Waals surface area contributed by atoms with Gasteiger partial charge in [-0.3, -0.25) is 0 Å². The van der Waals surface area contributed by atoms with Crippen molar-refractivity contribution >= 4 is 44.9 Å². The Morgan fingerprint density at radius 1 is 1.33 bits per heavy atom. The summed E-state index contributed by atoms with van der Waals surface area (Å²) in [5, 5.41) is 8.48. The number of carbonyl (C=O) groups excluding carboxylic acids is 1. The van der Waals surface area contributed by atoms with Crippen molar-refractivity contribution in [2.75, 3.05) is 4.31 Å². The second-order valence-electron chi connectivity index (χ2n) is 6.06. The molecule has 0 aliphatic rings. The van der Waals surface area contributed by atoms with E-state index in [-0.39, 0.29) is 15.2 Å². The minimum absolute atomic E-state index is 0.0555. The van der Waals surface area contributed by atoms with Crippen molar-refractivity contribution in [3.63, 3.8) is 0 Å². The van der Waals surface area contributed by atoms with Gasteiger partial charge in [-0.15, -0.1) is 15.6 Å². The maximum absolute atomic E-state index is 14.2. The Labute approximate surface area is 162 Å². The maximum atomic E-state index is 14.2. The number of hydrogen-bond acceptors (Lipinski definition) is 7. The van der Waals surface area contributed by atoms with Crippen molar-refractivity contribution in [3.05, 3.63) is 39.2 Å². The molecule has 1 aromatic heterocycles. The minimum Gasteiger partial charge on any atom is -0.443 e. The Morgan fingerprint density at radius 3 is 2.52 bits per heavy atom. The van der Waals surface area contributed by atoms with E-state index in [0.717, 1.165) is 16.8 Å². The average molecular weight is 436 g/mol. The fraction of sp³-hybridized carbons (Fsp3) is 0.267. The molecule has 0 unspecified atom stereocenters. The van der Waals surface area contributed by atoms with Crippen molar-refractivity contribution in [2.24, 2.45) is 0 Å². The molecule has 0 bridgehead atoms. The molecule has 0 aliphatic carbocycles. The summed E-state index contributed by atoms with van der Waals surface area (Å²) in [6.45, 7) is 4.45. The Balaban J connectivity index is 2.72. The zero-order chi connectivity index (χ0) is 20.6. The smallest absolute Gasteiger partial charge is 0.430 e. The van der Waals surface area contributed by atoms with E-state index in [9.17, 15) is 22.0 Å². The van der Waals surface area contributed by atoms with E-state index < -0.39 is 49.1 Å². The fourth-order valence-corrected chi connectivity index (χ4v) is 4.08. The third kappa shape index (κ3) is 4.35. The number of nitrogens with zero attached hydrogens (tertiary/aromatic N) is 3. The van der Waals surface area contributed by atoms with Crippen LogP contribution in [0.1, 0.15) is 25.6 Å². The molecule has 144 valence electrons. The van der Waals surface area contributed by atoms with Gasteiger partial charge in [0.1, 0.15) is 28.2 Å². The van der Waals surface area contributed by atoms with Gasteiger partial charge in [0, 0.05) is 6.07 Å². The molecule has 0 spiro atoms. The summed E-state index contributed by atoms with van der Waals surface area (Å²) in [5.41, 5.74) is 0.0292. The first-order chi connectivity index (χ1) is 12.4. The number of carbonyl (C=O) groups is 1. The number of rotatable bonds is 3. The van der Waals surface area contributed by atoms with Crippen molar-refractivity contribution in [3.8, 4) is 6.07 Å². The summed E-state index contributed by atoms with van der Waals surface area (Å²) >= 11 is 6.33. The number of thiazole rings is 1. The number of halogens is 3. The van der Waals surface area contributed by atoms with E-state index in [0.29, 0.717) is 6.07 Å². The van der Waals surface area contributed by atoms with Crippen LogP contribution in [-0.2, 0) is 14.8 Å². The predicted octanol–water partition coefficient (Wildman–Crippen LogP) is 4.08. The van der Waals surface area contributed by atoms with Gasteiger partial charge >= 0.3 is 6.09 Å². The van der Waals surface area contributed by atoms with Crippen LogP contribution in [0.3, 0.4) is 0 Å². The number of aromatic nitrogens is 1. The number of anilines is 1. The van der Waals surface area contributed by atoms with Crippen LogP contribution in [0.4, 0.5) is 19.4 Å². The van der Waals surface area contributed by atoms with Gasteiger partial charge in [0.15, 0.2) is 10.7 Å². The molecule has 0 saturated heterocycles. The predicted molar refractivity (Wildman–Crippen MR) is 94.1 cm³/mol. The number of nitriles is 1. The van der Waals surface area contributed by atoms with E-state index in [4.69, 9.17) is 21.6 Å². The average Bonchev–Trinajstić information content (AvgIpc) is 2.96. The van der Waals surface area contributed by atoms with Gasteiger partial charge in [-0.25, -0.2) is 27.0 Å². The third-order valence-electron chi connectivity index (χ3n) is 2.89. The van der Waals surface area contributed by atoms with E-state index in [2.05, 4.69) is 4.98 Å². The quantitative estimate of drug-likeness (QED) is 0.673. The summed E-state index contributed by atoms with van der Waals surface area (Å²) in [6, 6.07) is 2.49. The summed E-state index contributed by atoms with van der Waals surface area (Å²) in [6.07, 6.45) is -1.41. The van der Waals surface area contributed by atoms with E-state index in [1.165, 1.54) is 20.8 Å². The molecule has 2 aromatic rings. The molecule has 0 radical (unpaired) electrons. The van der Waals surface area contributed by atoms with Crippen LogP contribution in [-0.4, -0.2) is 25.1 Å². The highest BCUT2D eigenvalue weighted by molar-refractivity contribution is 7.93. The molecule has 27 heavy (non-hydrogen) atoms. The summed E-state index contributed by atoms with van der Waals surface area (Å²) in [7, 11) is -4.97. The molecule has 0 fully saturated rings. The molecule has 0 aliphatic heterocycles. The largest absolute Gasteiger partial charge is 0.443 e. The molecular weight excluding hydrogens is 424 g/mol. The highest BCUT2D eigenvalue weighted by atomic mass is 35.5. The van der Waals surface area contributed by atoms with Crippen LogP contribution in [0, 0.1) is 23.0 Å². The second-order valence-corrected chi connectivity index (χ2v) is 9.08. The van der Waals surface area contributed by atoms with Gasteiger partial charge < -0.3 is 4.74 Å². The third-order valence-corrected chi connectivity index (χ3v) is 5.58. The molecule has 0 saturated carbocycles. The SMILES string of the molecule is CC(C)(C)OC(=O)N(c1ncsc1C#N)S(=O)(=O)c1cc(Cl)c(F)cc1F. The Morgan fingerprint density at radius 2 is 1.96 bits per heavy atom. The van der Waals surface area contributed by atoms with Crippen LogP contribution in [0.15, 0.2) is 22.5 Å². The van der Waals surface area contributed by atoms with Gasteiger partial charge in [0.05, 0.1) is 10.5 Å². The summed E-state index contributed by atoms with van der Waals surface area (Å²) < 4.78 is 58.6. The highest BCUT2D eigenvalue weighted by Crippen LogP contribution is 2.32. The molecule has 1 amide bonds. The topological polar surface area (TPSA) is 100 Å². The van der Waals surface area contributed by atoms with E-state index >= 15 is 0 Å². The lowest BCUT2D eigenvalue weighted by atomic mass is 10.2. The summed E-state index contributed by atoms with van der Waals surface area (Å²) in [4.78, 5) is 15.0. The minimum atomic E-state index is -4.97. The van der Waals surface area contributed by atoms with Gasteiger partial charge in [-0.1, -0.05) is 11.6 Å². The number of ether oxygens (including phenoxy) is 1. The van der Waals surface area contributed by atoms with Gasteiger partial charge in [-0.05, 0) is 26.8 Å². The van der Waals surface area contributed by atoms with Crippen molar-refractivity contribution < 1.29 is 26.7 Å². The van der Waals surface area contributed by atoms with Crippen LogP contribution < -0.4 is 4.31 Å². The van der Waals surface area contributed by atoms with Crippen molar-refractivity contribution in [1.82, 2.24) is 4.98 Å². The summed E-state index contributed by atoms with van der Waals surface area (Å²) in [5.74, 6) is -3.21. The Hall–Kier alpha value is -2.29. The molecule has 0 N–H and O–H groups in total. The van der Waals surface area contributed by atoms with Gasteiger partial charge in [0.2, 0.25) is 0 Å². The van der Waals surface area contributed by atoms with Crippen molar-refractivity contribution in [2.45, 2.75) is 31.3 Å². The first kappa shape index (κ1) is 21.0. The maximum Gasteiger partial charge on any atom is 0.430 e. The van der Waals surface area contributed by atoms with Crippen molar-refractivity contribution in [1.29, 1.82) is 5.26 Å². The molecule has 12 heteroatoms. The fourth-order valence-electron chi connectivity index (χ4n) is 1.86. The number of sulfonamides is 1. The number of amides is 1. The van der Waals surface area contributed by atoms with Crippen LogP contribution in [0.2, 0.25) is 5.02 Å². The highest BCUT2D eigenvalue weighted by Gasteiger charge is 2.39. The lowest BCUT2D eigenvalue weighted by Crippen LogP contribution is -2.41. The standard InChI is InChI=1S/C15H12ClF2N3O4S2/c1-15(2,3)25-14(22)21(13-11(6-19)26-7-20-13)27(23,24)12-4-8(16)9(17)5-10(12)18/h4-5,7H,1-3H3. The molecule has 7 nitrogen and oxygen atoms in total. The normalized spacial score (nSPS) is 11.7. The lowest BCUT2D eigenvalue weighted by molar-refractivity contribution is 0.0608. The molecular formula is C15H12ClF2N3O4S2. The molecule has 2 rings (SSSR count). The van der Waals surface area contributed by atoms with E-state index in [1.807, 2.05) is 0 Å². The molecule has 1 aromatic carbocycles. The molecule has 0 atom stereocenters. The zero-order valence-electron chi connectivity index (χ0n) is 14.2. The van der Waals surface area contributed by atoms with Gasteiger partial charge in [-0.2, -0.15) is 5.26 Å². The van der Waals surface area contributed by atoms with Gasteiger partial charge in [0.25, 0.3) is 10.0 Å².